The van der Waals surface area contributed by atoms with Gasteiger partial charge >= 0.3 is 0 Å². The molecule has 1 aromatic carbocycles. The van der Waals surface area contributed by atoms with Crippen molar-refractivity contribution in [1.82, 2.24) is 19.7 Å². The van der Waals surface area contributed by atoms with Gasteiger partial charge in [-0.25, -0.2) is 14.1 Å². The molecule has 2 aromatic heterocycles. The number of amides is 1. The van der Waals surface area contributed by atoms with E-state index >= 15 is 0 Å². The predicted molar refractivity (Wildman–Crippen MR) is 83.0 cm³/mol. The molecular weight excluding hydrogens is 297 g/mol. The molecule has 0 saturated heterocycles. The van der Waals surface area contributed by atoms with Crippen molar-refractivity contribution in [2.45, 2.75) is 13.8 Å². The summed E-state index contributed by atoms with van der Waals surface area (Å²) in [6.07, 6.45) is 1.63. The molecular formula is C16H14FN5O. The minimum absolute atomic E-state index is 0.123. The van der Waals surface area contributed by atoms with Gasteiger partial charge in [-0.2, -0.15) is 5.10 Å². The number of hydrogen-bond acceptors (Lipinski definition) is 4. The summed E-state index contributed by atoms with van der Waals surface area (Å²) in [6, 6.07) is 9.20. The number of aryl methyl sites for hydroxylation is 2. The van der Waals surface area contributed by atoms with E-state index in [1.165, 1.54) is 22.9 Å². The van der Waals surface area contributed by atoms with Crippen LogP contribution in [0.4, 0.5) is 10.1 Å². The van der Waals surface area contributed by atoms with Crippen molar-refractivity contribution in [2.75, 3.05) is 5.32 Å². The van der Waals surface area contributed by atoms with Gasteiger partial charge in [0.15, 0.2) is 0 Å². The molecule has 1 amide bonds. The van der Waals surface area contributed by atoms with E-state index in [-0.39, 0.29) is 5.82 Å². The third kappa shape index (κ3) is 3.23. The molecule has 0 unspecified atom stereocenters. The highest BCUT2D eigenvalue weighted by Crippen LogP contribution is 2.14. The van der Waals surface area contributed by atoms with Crippen molar-refractivity contribution >= 4 is 11.6 Å². The van der Waals surface area contributed by atoms with E-state index in [0.29, 0.717) is 17.2 Å². The zero-order valence-electron chi connectivity index (χ0n) is 12.6. The molecule has 0 aliphatic heterocycles. The summed E-state index contributed by atoms with van der Waals surface area (Å²) >= 11 is 0. The van der Waals surface area contributed by atoms with Crippen LogP contribution in [0, 0.1) is 19.7 Å². The van der Waals surface area contributed by atoms with Gasteiger partial charge in [0.25, 0.3) is 5.91 Å². The molecule has 0 atom stereocenters. The molecule has 0 radical (unpaired) electrons. The lowest BCUT2D eigenvalue weighted by Crippen LogP contribution is -2.18. The lowest BCUT2D eigenvalue weighted by atomic mass is 10.3. The van der Waals surface area contributed by atoms with Crippen LogP contribution in [0.25, 0.3) is 5.69 Å². The van der Waals surface area contributed by atoms with Crippen LogP contribution in [-0.2, 0) is 0 Å². The second-order valence-corrected chi connectivity index (χ2v) is 5.01. The molecule has 0 fully saturated rings. The molecule has 6 nitrogen and oxygen atoms in total. The lowest BCUT2D eigenvalue weighted by Gasteiger charge is -2.07. The molecule has 0 saturated carbocycles. The number of hydrogen-bond donors (Lipinski definition) is 1. The van der Waals surface area contributed by atoms with E-state index in [2.05, 4.69) is 20.4 Å². The van der Waals surface area contributed by atoms with Gasteiger partial charge in [0.1, 0.15) is 11.6 Å². The van der Waals surface area contributed by atoms with Gasteiger partial charge in [-0.15, -0.1) is 0 Å². The maximum absolute atomic E-state index is 13.2. The summed E-state index contributed by atoms with van der Waals surface area (Å²) < 4.78 is 14.7. The highest BCUT2D eigenvalue weighted by molar-refractivity contribution is 6.02. The third-order valence-electron chi connectivity index (χ3n) is 3.12. The normalized spacial score (nSPS) is 10.6. The second kappa shape index (κ2) is 5.96. The molecule has 1 N–H and O–H groups in total. The van der Waals surface area contributed by atoms with Gasteiger partial charge in [-0.3, -0.25) is 9.78 Å². The topological polar surface area (TPSA) is 72.7 Å². The van der Waals surface area contributed by atoms with Crippen LogP contribution in [-0.4, -0.2) is 25.7 Å². The molecule has 7 heteroatoms. The number of aromatic nitrogens is 4. The van der Waals surface area contributed by atoms with Crippen molar-refractivity contribution < 1.29 is 9.18 Å². The minimum Gasteiger partial charge on any atom is -0.319 e. The summed E-state index contributed by atoms with van der Waals surface area (Å²) in [5, 5.41) is 6.86. The quantitative estimate of drug-likeness (QED) is 0.807. The molecule has 0 aliphatic rings. The van der Waals surface area contributed by atoms with Gasteiger partial charge in [0, 0.05) is 17.6 Å². The second-order valence-electron chi connectivity index (χ2n) is 5.01. The summed E-state index contributed by atoms with van der Waals surface area (Å²) in [6.45, 7) is 3.54. The number of nitrogens with zero attached hydrogens (tertiary/aromatic N) is 4. The molecule has 116 valence electrons. The van der Waals surface area contributed by atoms with Crippen molar-refractivity contribution in [1.29, 1.82) is 0 Å². The largest absolute Gasteiger partial charge is 0.319 e. The summed E-state index contributed by atoms with van der Waals surface area (Å²) in [5.41, 5.74) is 1.84. The van der Waals surface area contributed by atoms with E-state index in [1.807, 2.05) is 6.92 Å². The number of rotatable bonds is 3. The van der Waals surface area contributed by atoms with Crippen LogP contribution >= 0.6 is 0 Å². The molecule has 0 aliphatic carbocycles. The Morgan fingerprint density at radius 1 is 1.22 bits per heavy atom. The van der Waals surface area contributed by atoms with Gasteiger partial charge in [0.05, 0.1) is 5.69 Å². The first-order valence-electron chi connectivity index (χ1n) is 6.96. The first-order chi connectivity index (χ1) is 11.0. The predicted octanol–water partition coefficient (Wildman–Crippen LogP) is 2.67. The van der Waals surface area contributed by atoms with Crippen molar-refractivity contribution in [3.05, 3.63) is 65.8 Å². The third-order valence-corrected chi connectivity index (χ3v) is 3.12. The summed E-state index contributed by atoms with van der Waals surface area (Å²) in [7, 11) is 0. The van der Waals surface area contributed by atoms with Gasteiger partial charge in [-0.1, -0.05) is 6.07 Å². The van der Waals surface area contributed by atoms with Crippen LogP contribution < -0.4 is 5.32 Å². The van der Waals surface area contributed by atoms with Gasteiger partial charge < -0.3 is 5.32 Å². The Morgan fingerprint density at radius 2 is 2.04 bits per heavy atom. The average molecular weight is 311 g/mol. The number of carbonyl (C=O) groups is 1. The van der Waals surface area contributed by atoms with E-state index in [1.54, 1.807) is 31.3 Å². The Bertz CT molecular complexity index is 874. The van der Waals surface area contributed by atoms with Crippen molar-refractivity contribution in [2.24, 2.45) is 0 Å². The molecule has 0 spiro atoms. The number of carbonyl (C=O) groups excluding carboxylic acids is 1. The summed E-state index contributed by atoms with van der Waals surface area (Å²) in [5.74, 6) is -0.308. The number of pyridine rings is 1. The first-order valence-corrected chi connectivity index (χ1v) is 6.96. The Balaban J connectivity index is 1.95. The zero-order chi connectivity index (χ0) is 16.4. The first kappa shape index (κ1) is 14.8. The van der Waals surface area contributed by atoms with Crippen LogP contribution in [0.5, 0.6) is 0 Å². The van der Waals surface area contributed by atoms with E-state index < -0.39 is 11.7 Å². The van der Waals surface area contributed by atoms with E-state index in [9.17, 15) is 9.18 Å². The highest BCUT2D eigenvalue weighted by Gasteiger charge is 2.18. The zero-order valence-corrected chi connectivity index (χ0v) is 12.6. The van der Waals surface area contributed by atoms with Crippen LogP contribution in [0.15, 0.2) is 42.6 Å². The maximum atomic E-state index is 13.2. The molecule has 2 heterocycles. The van der Waals surface area contributed by atoms with Crippen molar-refractivity contribution in [3.63, 3.8) is 0 Å². The van der Waals surface area contributed by atoms with Crippen LogP contribution in [0.1, 0.15) is 22.1 Å². The Labute approximate surface area is 132 Å². The molecule has 3 rings (SSSR count). The fraction of sp³-hybridized carbons (Fsp3) is 0.125. The molecule has 23 heavy (non-hydrogen) atoms. The number of anilines is 1. The Morgan fingerprint density at radius 3 is 2.78 bits per heavy atom. The monoisotopic (exact) mass is 311 g/mol. The Kier molecular flexibility index (Phi) is 3.84. The highest BCUT2D eigenvalue weighted by atomic mass is 19.1. The smallest absolute Gasteiger partial charge is 0.293 e. The number of nitrogens with one attached hydrogen (secondary N) is 1. The van der Waals surface area contributed by atoms with Gasteiger partial charge in [-0.05, 0) is 44.2 Å². The minimum atomic E-state index is -0.467. The van der Waals surface area contributed by atoms with Crippen LogP contribution in [0.2, 0.25) is 0 Å². The standard InChI is InChI=1S/C16H14FN5O/c1-10-8-14(6-7-18-10)22-15(19-11(2)21-22)16(23)20-13-5-3-4-12(17)9-13/h3-9H,1-2H3,(H,20,23). The van der Waals surface area contributed by atoms with Crippen LogP contribution in [0.3, 0.4) is 0 Å². The number of halogens is 1. The van der Waals surface area contributed by atoms with E-state index in [0.717, 1.165) is 5.69 Å². The fourth-order valence-corrected chi connectivity index (χ4v) is 2.16. The average Bonchev–Trinajstić information content (AvgIpc) is 2.89. The van der Waals surface area contributed by atoms with Gasteiger partial charge in [0.2, 0.25) is 5.82 Å². The Hall–Kier alpha value is -3.09. The van der Waals surface area contributed by atoms with Crippen molar-refractivity contribution in [3.8, 4) is 5.69 Å². The molecule has 3 aromatic rings. The number of benzene rings is 1. The lowest BCUT2D eigenvalue weighted by molar-refractivity contribution is 0.101. The van der Waals surface area contributed by atoms with E-state index in [4.69, 9.17) is 0 Å². The molecule has 0 bridgehead atoms. The maximum Gasteiger partial charge on any atom is 0.293 e. The summed E-state index contributed by atoms with van der Waals surface area (Å²) in [4.78, 5) is 20.7. The SMILES string of the molecule is Cc1cc(-n2nc(C)nc2C(=O)Nc2cccc(F)c2)ccn1. The fourth-order valence-electron chi connectivity index (χ4n) is 2.16.